The molecule has 0 unspecified atom stereocenters. The largest absolute Gasteiger partial charge is 0.351 e. The average molecular weight is 326 g/mol. The zero-order valence-corrected chi connectivity index (χ0v) is 13.6. The Balaban J connectivity index is 1.64. The van der Waals surface area contributed by atoms with Crippen molar-refractivity contribution in [1.82, 2.24) is 5.32 Å². The lowest BCUT2D eigenvalue weighted by Crippen LogP contribution is -2.24. The number of amides is 1. The Morgan fingerprint density at radius 1 is 1.25 bits per heavy atom. The van der Waals surface area contributed by atoms with E-state index in [1.165, 1.54) is 22.5 Å². The van der Waals surface area contributed by atoms with E-state index in [-0.39, 0.29) is 5.91 Å². The van der Waals surface area contributed by atoms with E-state index in [1.54, 1.807) is 12.1 Å². The Bertz CT molecular complexity index is 566. The number of halogens is 1. The van der Waals surface area contributed by atoms with Crippen molar-refractivity contribution in [3.05, 3.63) is 56.7 Å². The molecule has 1 heterocycles. The van der Waals surface area contributed by atoms with E-state index in [0.717, 1.165) is 11.5 Å². The number of carbonyl (C=O) groups excluding carboxylic acids is 1. The molecular formula is C15H16ClNOS2. The van der Waals surface area contributed by atoms with Crippen LogP contribution in [-0.4, -0.2) is 18.2 Å². The molecule has 1 aromatic carbocycles. The normalized spacial score (nSPS) is 10.5. The zero-order chi connectivity index (χ0) is 14.4. The number of benzene rings is 1. The van der Waals surface area contributed by atoms with Gasteiger partial charge < -0.3 is 5.32 Å². The van der Waals surface area contributed by atoms with Gasteiger partial charge in [-0.15, -0.1) is 11.3 Å². The van der Waals surface area contributed by atoms with E-state index in [1.807, 2.05) is 11.8 Å². The summed E-state index contributed by atoms with van der Waals surface area (Å²) in [4.78, 5) is 12.4. The minimum absolute atomic E-state index is 0.0437. The second-order valence-corrected chi connectivity index (χ2v) is 7.22. The van der Waals surface area contributed by atoms with Crippen molar-refractivity contribution in [3.8, 4) is 0 Å². The Morgan fingerprint density at radius 3 is 2.65 bits per heavy atom. The van der Waals surface area contributed by atoms with Gasteiger partial charge >= 0.3 is 0 Å². The number of rotatable bonds is 6. The summed E-state index contributed by atoms with van der Waals surface area (Å²) in [6, 6.07) is 12.0. The topological polar surface area (TPSA) is 29.1 Å². The Hall–Kier alpha value is -0.970. The van der Waals surface area contributed by atoms with E-state index >= 15 is 0 Å². The Kier molecular flexibility index (Phi) is 5.95. The minimum Gasteiger partial charge on any atom is -0.351 e. The first-order valence-corrected chi connectivity index (χ1v) is 8.67. The maximum Gasteiger partial charge on any atom is 0.261 e. The first-order chi connectivity index (χ1) is 9.65. The average Bonchev–Trinajstić information content (AvgIpc) is 2.87. The number of hydrogen-bond donors (Lipinski definition) is 1. The third-order valence-corrected chi connectivity index (χ3v) is 4.98. The second kappa shape index (κ2) is 7.72. The molecule has 5 heteroatoms. The van der Waals surface area contributed by atoms with Gasteiger partial charge in [-0.2, -0.15) is 11.8 Å². The molecule has 2 rings (SSSR count). The molecule has 0 aliphatic rings. The number of thioether (sulfide) groups is 1. The SMILES string of the molecule is Cc1ccc(CSCCNC(=O)c2ccc(Cl)s2)cc1. The molecule has 0 saturated carbocycles. The molecule has 0 fully saturated rings. The second-order valence-electron chi connectivity index (χ2n) is 4.40. The first-order valence-electron chi connectivity index (χ1n) is 6.32. The molecule has 0 atom stereocenters. The molecule has 2 aromatic rings. The number of carbonyl (C=O) groups is 1. The lowest BCUT2D eigenvalue weighted by atomic mass is 10.2. The predicted octanol–water partition coefficient (Wildman–Crippen LogP) is 4.37. The van der Waals surface area contributed by atoms with Gasteiger partial charge in [0.25, 0.3) is 5.91 Å². The summed E-state index contributed by atoms with van der Waals surface area (Å²) >= 11 is 8.92. The fraction of sp³-hybridized carbons (Fsp3) is 0.267. The van der Waals surface area contributed by atoms with Gasteiger partial charge in [0.15, 0.2) is 0 Å². The van der Waals surface area contributed by atoms with Crippen molar-refractivity contribution >= 4 is 40.6 Å². The van der Waals surface area contributed by atoms with E-state index < -0.39 is 0 Å². The Labute approximate surface area is 132 Å². The van der Waals surface area contributed by atoms with Crippen molar-refractivity contribution in [2.24, 2.45) is 0 Å². The molecule has 20 heavy (non-hydrogen) atoms. The van der Waals surface area contributed by atoms with Crippen LogP contribution in [0.25, 0.3) is 0 Å². The van der Waals surface area contributed by atoms with Gasteiger partial charge in [-0.1, -0.05) is 41.4 Å². The van der Waals surface area contributed by atoms with Crippen molar-refractivity contribution in [2.75, 3.05) is 12.3 Å². The van der Waals surface area contributed by atoms with Gasteiger partial charge in [0.05, 0.1) is 9.21 Å². The third kappa shape index (κ3) is 4.85. The minimum atomic E-state index is -0.0437. The standard InChI is InChI=1S/C15H16ClNOS2/c1-11-2-4-12(5-3-11)10-19-9-8-17-15(18)13-6-7-14(16)20-13/h2-7H,8-10H2,1H3,(H,17,18). The maximum absolute atomic E-state index is 11.8. The molecule has 0 aliphatic heterocycles. The van der Waals surface area contributed by atoms with Crippen molar-refractivity contribution in [3.63, 3.8) is 0 Å². The molecule has 0 bridgehead atoms. The van der Waals surface area contributed by atoms with Crippen LogP contribution in [0.5, 0.6) is 0 Å². The summed E-state index contributed by atoms with van der Waals surface area (Å²) in [7, 11) is 0. The highest BCUT2D eigenvalue weighted by molar-refractivity contribution is 7.98. The molecule has 0 aliphatic carbocycles. The highest BCUT2D eigenvalue weighted by atomic mass is 35.5. The fourth-order valence-corrected chi connectivity index (χ4v) is 3.41. The van der Waals surface area contributed by atoms with Gasteiger partial charge in [0.1, 0.15) is 0 Å². The summed E-state index contributed by atoms with van der Waals surface area (Å²) in [5, 5.41) is 2.90. The van der Waals surface area contributed by atoms with E-state index in [4.69, 9.17) is 11.6 Å². The molecule has 2 nitrogen and oxygen atoms in total. The van der Waals surface area contributed by atoms with Gasteiger partial charge in [-0.3, -0.25) is 4.79 Å². The molecule has 0 saturated heterocycles. The van der Waals surface area contributed by atoms with Gasteiger partial charge in [0.2, 0.25) is 0 Å². The van der Waals surface area contributed by atoms with Crippen LogP contribution in [0.15, 0.2) is 36.4 Å². The van der Waals surface area contributed by atoms with Gasteiger partial charge in [-0.05, 0) is 24.6 Å². The first kappa shape index (κ1) is 15.4. The molecular weight excluding hydrogens is 310 g/mol. The van der Waals surface area contributed by atoms with E-state index in [2.05, 4.69) is 36.5 Å². The quantitative estimate of drug-likeness (QED) is 0.799. The fourth-order valence-electron chi connectivity index (χ4n) is 1.63. The van der Waals surface area contributed by atoms with Crippen molar-refractivity contribution < 1.29 is 4.79 Å². The number of nitrogens with one attached hydrogen (secondary N) is 1. The number of hydrogen-bond acceptors (Lipinski definition) is 3. The highest BCUT2D eigenvalue weighted by Crippen LogP contribution is 2.21. The smallest absolute Gasteiger partial charge is 0.261 e. The zero-order valence-electron chi connectivity index (χ0n) is 11.2. The number of thiophene rings is 1. The van der Waals surface area contributed by atoms with Crippen LogP contribution in [0.1, 0.15) is 20.8 Å². The molecule has 106 valence electrons. The van der Waals surface area contributed by atoms with Crippen LogP contribution in [-0.2, 0) is 5.75 Å². The van der Waals surface area contributed by atoms with Gasteiger partial charge in [-0.25, -0.2) is 0 Å². The monoisotopic (exact) mass is 325 g/mol. The van der Waals surface area contributed by atoms with Crippen LogP contribution < -0.4 is 5.32 Å². The number of aryl methyl sites for hydroxylation is 1. The van der Waals surface area contributed by atoms with Gasteiger partial charge in [0, 0.05) is 18.1 Å². The summed E-state index contributed by atoms with van der Waals surface area (Å²) in [5.74, 6) is 1.83. The molecule has 1 aromatic heterocycles. The third-order valence-electron chi connectivity index (χ3n) is 2.72. The maximum atomic E-state index is 11.8. The molecule has 0 radical (unpaired) electrons. The van der Waals surface area contributed by atoms with Crippen molar-refractivity contribution in [2.45, 2.75) is 12.7 Å². The predicted molar refractivity (Wildman–Crippen MR) is 89.0 cm³/mol. The molecule has 1 amide bonds. The summed E-state index contributed by atoms with van der Waals surface area (Å²) in [5.41, 5.74) is 2.59. The summed E-state index contributed by atoms with van der Waals surface area (Å²) < 4.78 is 0.642. The van der Waals surface area contributed by atoms with E-state index in [9.17, 15) is 4.79 Å². The van der Waals surface area contributed by atoms with Crippen LogP contribution in [0, 0.1) is 6.92 Å². The summed E-state index contributed by atoms with van der Waals surface area (Å²) in [6.07, 6.45) is 0. The highest BCUT2D eigenvalue weighted by Gasteiger charge is 2.07. The lowest BCUT2D eigenvalue weighted by Gasteiger charge is -2.04. The Morgan fingerprint density at radius 2 is 2.00 bits per heavy atom. The van der Waals surface area contributed by atoms with E-state index in [0.29, 0.717) is 15.8 Å². The lowest BCUT2D eigenvalue weighted by molar-refractivity contribution is 0.0960. The summed E-state index contributed by atoms with van der Waals surface area (Å²) in [6.45, 7) is 2.76. The van der Waals surface area contributed by atoms with Crippen LogP contribution in [0.2, 0.25) is 4.34 Å². The molecule has 1 N–H and O–H groups in total. The van der Waals surface area contributed by atoms with Crippen molar-refractivity contribution in [1.29, 1.82) is 0 Å². The van der Waals surface area contributed by atoms with Crippen LogP contribution in [0.3, 0.4) is 0 Å². The molecule has 0 spiro atoms. The van der Waals surface area contributed by atoms with Crippen LogP contribution >= 0.6 is 34.7 Å². The van der Waals surface area contributed by atoms with Crippen LogP contribution in [0.4, 0.5) is 0 Å².